The number of morpholine rings is 1. The summed E-state index contributed by atoms with van der Waals surface area (Å²) in [4.78, 5) is 6.76. The zero-order valence-corrected chi connectivity index (χ0v) is 11.3. The molecule has 1 aliphatic rings. The second kappa shape index (κ2) is 6.24. The van der Waals surface area contributed by atoms with Crippen LogP contribution in [-0.4, -0.2) is 36.6 Å². The molecule has 1 aliphatic heterocycles. The van der Waals surface area contributed by atoms with Crippen molar-refractivity contribution in [3.63, 3.8) is 0 Å². The lowest BCUT2D eigenvalue weighted by Gasteiger charge is -2.25. The van der Waals surface area contributed by atoms with E-state index in [1.807, 2.05) is 5.38 Å². The highest BCUT2D eigenvalue weighted by atomic mass is 79.9. The fourth-order valence-corrected chi connectivity index (χ4v) is 2.43. The third-order valence-electron chi connectivity index (χ3n) is 2.21. The van der Waals surface area contributed by atoms with Crippen LogP contribution in [0.5, 0.6) is 0 Å². The van der Waals surface area contributed by atoms with E-state index in [1.165, 1.54) is 0 Å². The maximum atomic E-state index is 5.31. The summed E-state index contributed by atoms with van der Waals surface area (Å²) < 4.78 is 5.31. The van der Waals surface area contributed by atoms with Crippen LogP contribution in [0.2, 0.25) is 0 Å². The molecule has 1 aromatic rings. The van der Waals surface area contributed by atoms with E-state index in [9.17, 15) is 0 Å². The van der Waals surface area contributed by atoms with Gasteiger partial charge in [0.2, 0.25) is 0 Å². The predicted molar refractivity (Wildman–Crippen MR) is 70.4 cm³/mol. The Kier molecular flexibility index (Phi) is 4.64. The average Bonchev–Trinajstić information content (AvgIpc) is 2.79. The molecule has 0 aliphatic carbocycles. The third-order valence-corrected chi connectivity index (χ3v) is 3.51. The first-order valence-electron chi connectivity index (χ1n) is 5.23. The summed E-state index contributed by atoms with van der Waals surface area (Å²) in [5.74, 6) is 6.14. The Morgan fingerprint density at radius 3 is 3.06 bits per heavy atom. The van der Waals surface area contributed by atoms with Gasteiger partial charge in [0.05, 0.1) is 13.2 Å². The van der Waals surface area contributed by atoms with Crippen LogP contribution in [0.25, 0.3) is 0 Å². The van der Waals surface area contributed by atoms with Gasteiger partial charge in [0, 0.05) is 30.2 Å². The van der Waals surface area contributed by atoms with Crippen molar-refractivity contribution in [2.75, 3.05) is 36.5 Å². The van der Waals surface area contributed by atoms with Gasteiger partial charge in [-0.1, -0.05) is 21.9 Å². The number of hydrogen-bond donors (Lipinski definition) is 0. The molecule has 3 nitrogen and oxygen atoms in total. The molecule has 0 atom stereocenters. The highest BCUT2D eigenvalue weighted by Crippen LogP contribution is 2.20. The van der Waals surface area contributed by atoms with E-state index in [0.29, 0.717) is 0 Å². The number of rotatable bonds is 2. The fourth-order valence-electron chi connectivity index (χ4n) is 1.42. The molecule has 16 heavy (non-hydrogen) atoms. The van der Waals surface area contributed by atoms with Crippen molar-refractivity contribution in [3.8, 4) is 11.8 Å². The minimum Gasteiger partial charge on any atom is -0.378 e. The van der Waals surface area contributed by atoms with Gasteiger partial charge in [0.1, 0.15) is 5.69 Å². The van der Waals surface area contributed by atoms with Crippen LogP contribution in [0.15, 0.2) is 5.38 Å². The van der Waals surface area contributed by atoms with E-state index in [0.717, 1.165) is 48.9 Å². The summed E-state index contributed by atoms with van der Waals surface area (Å²) in [7, 11) is 0. The number of thiazole rings is 1. The molecule has 2 heterocycles. The highest BCUT2D eigenvalue weighted by molar-refractivity contribution is 9.09. The van der Waals surface area contributed by atoms with Crippen molar-refractivity contribution in [1.29, 1.82) is 0 Å². The topological polar surface area (TPSA) is 25.4 Å². The molecular weight excluding hydrogens is 288 g/mol. The van der Waals surface area contributed by atoms with E-state index in [-0.39, 0.29) is 0 Å². The van der Waals surface area contributed by atoms with E-state index < -0.39 is 0 Å². The van der Waals surface area contributed by atoms with Crippen molar-refractivity contribution in [2.24, 2.45) is 0 Å². The monoisotopic (exact) mass is 300 g/mol. The van der Waals surface area contributed by atoms with Gasteiger partial charge in [-0.25, -0.2) is 4.98 Å². The van der Waals surface area contributed by atoms with Gasteiger partial charge in [-0.05, 0) is 5.92 Å². The van der Waals surface area contributed by atoms with Crippen LogP contribution in [0.1, 0.15) is 12.1 Å². The minimum atomic E-state index is 0.796. The minimum absolute atomic E-state index is 0.796. The average molecular weight is 301 g/mol. The number of nitrogens with zero attached hydrogens (tertiary/aromatic N) is 2. The molecule has 0 unspecified atom stereocenters. The van der Waals surface area contributed by atoms with Gasteiger partial charge >= 0.3 is 0 Å². The summed E-state index contributed by atoms with van der Waals surface area (Å²) >= 11 is 5.01. The molecule has 0 radical (unpaired) electrons. The quantitative estimate of drug-likeness (QED) is 0.618. The van der Waals surface area contributed by atoms with E-state index in [4.69, 9.17) is 4.74 Å². The molecule has 1 aromatic heterocycles. The van der Waals surface area contributed by atoms with Crippen molar-refractivity contribution < 1.29 is 4.74 Å². The lowest BCUT2D eigenvalue weighted by atomic mass is 10.4. The lowest BCUT2D eigenvalue weighted by Crippen LogP contribution is -2.36. The van der Waals surface area contributed by atoms with Crippen molar-refractivity contribution >= 4 is 32.4 Å². The summed E-state index contributed by atoms with van der Waals surface area (Å²) in [5, 5.41) is 4.00. The Hall–Kier alpha value is -0.570. The number of anilines is 1. The first-order valence-corrected chi connectivity index (χ1v) is 7.23. The van der Waals surface area contributed by atoms with Gasteiger partial charge in [-0.2, -0.15) is 0 Å². The largest absolute Gasteiger partial charge is 0.378 e. The van der Waals surface area contributed by atoms with E-state index >= 15 is 0 Å². The second-order valence-corrected chi connectivity index (χ2v) is 4.99. The van der Waals surface area contributed by atoms with Crippen molar-refractivity contribution in [1.82, 2.24) is 4.98 Å². The molecule has 1 saturated heterocycles. The first-order chi connectivity index (χ1) is 7.90. The van der Waals surface area contributed by atoms with Crippen molar-refractivity contribution in [2.45, 2.75) is 6.42 Å². The Morgan fingerprint density at radius 1 is 1.50 bits per heavy atom. The molecule has 2 rings (SSSR count). The molecule has 0 bridgehead atoms. The fraction of sp³-hybridized carbons (Fsp3) is 0.545. The van der Waals surface area contributed by atoms with Crippen LogP contribution in [-0.2, 0) is 4.74 Å². The van der Waals surface area contributed by atoms with Crippen LogP contribution >= 0.6 is 27.3 Å². The number of hydrogen-bond acceptors (Lipinski definition) is 4. The Morgan fingerprint density at radius 2 is 2.31 bits per heavy atom. The summed E-state index contributed by atoms with van der Waals surface area (Å²) in [6.45, 7) is 3.46. The van der Waals surface area contributed by atoms with Crippen LogP contribution in [0.3, 0.4) is 0 Å². The second-order valence-electron chi connectivity index (χ2n) is 3.36. The van der Waals surface area contributed by atoms with Crippen LogP contribution in [0, 0.1) is 11.8 Å². The third kappa shape index (κ3) is 3.21. The van der Waals surface area contributed by atoms with E-state index in [2.05, 4.69) is 37.7 Å². The van der Waals surface area contributed by atoms with E-state index in [1.54, 1.807) is 11.3 Å². The maximum Gasteiger partial charge on any atom is 0.186 e. The maximum absolute atomic E-state index is 5.31. The number of ether oxygens (including phenoxy) is 1. The zero-order valence-electron chi connectivity index (χ0n) is 8.91. The molecule has 1 fully saturated rings. The van der Waals surface area contributed by atoms with Gasteiger partial charge in [-0.15, -0.1) is 11.3 Å². The number of halogens is 1. The van der Waals surface area contributed by atoms with Gasteiger partial charge < -0.3 is 9.64 Å². The van der Waals surface area contributed by atoms with Gasteiger partial charge in [0.15, 0.2) is 5.13 Å². The molecule has 0 saturated carbocycles. The molecule has 5 heteroatoms. The number of alkyl halides is 1. The smallest absolute Gasteiger partial charge is 0.186 e. The lowest BCUT2D eigenvalue weighted by molar-refractivity contribution is 0.122. The SMILES string of the molecule is BrCCC#Cc1csc(N2CCOCC2)n1. The normalized spacial score (nSPS) is 15.7. The Bertz CT molecular complexity index is 390. The Balaban J connectivity index is 1.99. The molecule has 0 N–H and O–H groups in total. The molecular formula is C11H13BrN2OS. The van der Waals surface area contributed by atoms with Crippen LogP contribution < -0.4 is 4.90 Å². The number of aromatic nitrogens is 1. The predicted octanol–water partition coefficient (Wildman–Crippen LogP) is 2.12. The Labute approximate surface area is 108 Å². The standard InChI is InChI=1S/C11H13BrN2OS/c12-4-2-1-3-10-9-16-11(13-10)14-5-7-15-8-6-14/h9H,2,4-8H2. The van der Waals surface area contributed by atoms with Gasteiger partial charge in [0.25, 0.3) is 0 Å². The summed E-state index contributed by atoms with van der Waals surface area (Å²) in [5.41, 5.74) is 0.882. The van der Waals surface area contributed by atoms with Crippen LogP contribution in [0.4, 0.5) is 5.13 Å². The molecule has 0 aromatic carbocycles. The zero-order chi connectivity index (χ0) is 11.2. The summed E-state index contributed by atoms with van der Waals surface area (Å²) in [6, 6.07) is 0. The van der Waals surface area contributed by atoms with Crippen molar-refractivity contribution in [3.05, 3.63) is 11.1 Å². The molecule has 0 amide bonds. The highest BCUT2D eigenvalue weighted by Gasteiger charge is 2.13. The van der Waals surface area contributed by atoms with Gasteiger partial charge in [-0.3, -0.25) is 0 Å². The summed E-state index contributed by atoms with van der Waals surface area (Å²) in [6.07, 6.45) is 0.865. The molecule has 0 spiro atoms. The first kappa shape index (κ1) is 11.9. The molecule has 86 valence electrons.